The fourth-order valence-electron chi connectivity index (χ4n) is 2.71. The van der Waals surface area contributed by atoms with E-state index in [1.165, 1.54) is 18.5 Å². The number of nitrogens with two attached hydrogens (primary N) is 1. The maximum atomic E-state index is 6.12. The van der Waals surface area contributed by atoms with Crippen LogP contribution >= 0.6 is 28.3 Å². The third kappa shape index (κ3) is 6.00. The van der Waals surface area contributed by atoms with Crippen molar-refractivity contribution >= 4 is 34.0 Å². The van der Waals surface area contributed by atoms with Gasteiger partial charge >= 0.3 is 0 Å². The lowest BCUT2D eigenvalue weighted by atomic mass is 10.0. The number of rotatable bonds is 4. The standard InChI is InChI=1S/C15H24BrN3.ClH/c1-15(2,17)11-19-8-4-7-14(10-19)18-13-6-3-5-12(16)9-13;/h3,5-6,9,14,18H,4,7-8,10-11,17H2,1-2H3;1H. The van der Waals surface area contributed by atoms with Crippen molar-refractivity contribution in [2.45, 2.75) is 38.3 Å². The van der Waals surface area contributed by atoms with Gasteiger partial charge in [-0.2, -0.15) is 0 Å². The Morgan fingerprint density at radius 1 is 1.45 bits per heavy atom. The highest BCUT2D eigenvalue weighted by Gasteiger charge is 2.23. The molecule has 0 spiro atoms. The highest BCUT2D eigenvalue weighted by Crippen LogP contribution is 2.20. The second-order valence-electron chi connectivity index (χ2n) is 6.22. The molecule has 1 aromatic carbocycles. The Bertz CT molecular complexity index is 420. The predicted molar refractivity (Wildman–Crippen MR) is 92.7 cm³/mol. The van der Waals surface area contributed by atoms with Crippen LogP contribution in [0.3, 0.4) is 0 Å². The van der Waals surface area contributed by atoms with Crippen molar-refractivity contribution in [2.75, 3.05) is 25.0 Å². The van der Waals surface area contributed by atoms with Crippen LogP contribution in [0.2, 0.25) is 0 Å². The summed E-state index contributed by atoms with van der Waals surface area (Å²) in [5.41, 5.74) is 7.19. The molecule has 3 N–H and O–H groups in total. The van der Waals surface area contributed by atoms with E-state index in [1.54, 1.807) is 0 Å². The number of hydrogen-bond donors (Lipinski definition) is 2. The van der Waals surface area contributed by atoms with E-state index in [4.69, 9.17) is 5.73 Å². The lowest BCUT2D eigenvalue weighted by Gasteiger charge is -2.37. The van der Waals surface area contributed by atoms with Crippen molar-refractivity contribution < 1.29 is 0 Å². The molecule has 0 aromatic heterocycles. The molecule has 0 amide bonds. The smallest absolute Gasteiger partial charge is 0.0388 e. The van der Waals surface area contributed by atoms with Crippen LogP contribution in [0.15, 0.2) is 28.7 Å². The Kier molecular flexibility index (Phi) is 6.79. The van der Waals surface area contributed by atoms with Crippen molar-refractivity contribution in [1.29, 1.82) is 0 Å². The van der Waals surface area contributed by atoms with Gasteiger partial charge in [0.2, 0.25) is 0 Å². The van der Waals surface area contributed by atoms with E-state index in [-0.39, 0.29) is 17.9 Å². The van der Waals surface area contributed by atoms with Crippen molar-refractivity contribution in [3.8, 4) is 0 Å². The Morgan fingerprint density at radius 3 is 2.85 bits per heavy atom. The molecule has 1 aliphatic heterocycles. The summed E-state index contributed by atoms with van der Waals surface area (Å²) in [7, 11) is 0. The number of piperidine rings is 1. The average molecular weight is 363 g/mol. The molecule has 1 atom stereocenters. The molecular formula is C15H25BrClN3. The SMILES string of the molecule is CC(C)(N)CN1CCCC(Nc2cccc(Br)c2)C1.Cl. The van der Waals surface area contributed by atoms with Gasteiger partial charge in [0.25, 0.3) is 0 Å². The first-order valence-corrected chi connectivity index (χ1v) is 7.75. The fourth-order valence-corrected chi connectivity index (χ4v) is 3.11. The molecule has 20 heavy (non-hydrogen) atoms. The van der Waals surface area contributed by atoms with Crippen LogP contribution in [0.5, 0.6) is 0 Å². The molecule has 0 aliphatic carbocycles. The van der Waals surface area contributed by atoms with Gasteiger partial charge in [0.15, 0.2) is 0 Å². The zero-order valence-electron chi connectivity index (χ0n) is 12.2. The minimum atomic E-state index is -0.113. The summed E-state index contributed by atoms with van der Waals surface area (Å²) in [6.07, 6.45) is 2.47. The number of hydrogen-bond acceptors (Lipinski definition) is 3. The molecule has 0 radical (unpaired) electrons. The molecule has 1 fully saturated rings. The minimum Gasteiger partial charge on any atom is -0.381 e. The van der Waals surface area contributed by atoms with Gasteiger partial charge in [-0.25, -0.2) is 0 Å². The first-order valence-electron chi connectivity index (χ1n) is 6.96. The number of nitrogens with zero attached hydrogens (tertiary/aromatic N) is 1. The van der Waals surface area contributed by atoms with Gasteiger partial charge in [-0.3, -0.25) is 4.90 Å². The molecule has 0 bridgehead atoms. The zero-order valence-corrected chi connectivity index (χ0v) is 14.6. The summed E-state index contributed by atoms with van der Waals surface area (Å²) in [6.45, 7) is 7.39. The fraction of sp³-hybridized carbons (Fsp3) is 0.600. The Balaban J connectivity index is 0.00000200. The summed E-state index contributed by atoms with van der Waals surface area (Å²) in [6, 6.07) is 8.89. The van der Waals surface area contributed by atoms with Crippen LogP contribution in [0.25, 0.3) is 0 Å². The largest absolute Gasteiger partial charge is 0.381 e. The van der Waals surface area contributed by atoms with Gasteiger partial charge in [-0.1, -0.05) is 22.0 Å². The van der Waals surface area contributed by atoms with Crippen LogP contribution in [0.1, 0.15) is 26.7 Å². The van der Waals surface area contributed by atoms with E-state index in [2.05, 4.69) is 64.3 Å². The molecule has 1 saturated heterocycles. The number of halogens is 2. The molecule has 2 rings (SSSR count). The van der Waals surface area contributed by atoms with Crippen LogP contribution in [-0.2, 0) is 0 Å². The van der Waals surface area contributed by atoms with Crippen LogP contribution in [0.4, 0.5) is 5.69 Å². The van der Waals surface area contributed by atoms with E-state index in [1.807, 2.05) is 0 Å². The van der Waals surface area contributed by atoms with Crippen molar-refractivity contribution in [3.05, 3.63) is 28.7 Å². The Hall–Kier alpha value is -0.290. The molecular weight excluding hydrogens is 338 g/mol. The molecule has 1 unspecified atom stereocenters. The van der Waals surface area contributed by atoms with Gasteiger partial charge in [0, 0.05) is 34.8 Å². The number of likely N-dealkylation sites (tertiary alicyclic amines) is 1. The lowest BCUT2D eigenvalue weighted by Crippen LogP contribution is -2.50. The van der Waals surface area contributed by atoms with Crippen molar-refractivity contribution in [3.63, 3.8) is 0 Å². The highest BCUT2D eigenvalue weighted by molar-refractivity contribution is 9.10. The maximum absolute atomic E-state index is 6.12. The number of benzene rings is 1. The summed E-state index contributed by atoms with van der Waals surface area (Å²) < 4.78 is 1.12. The maximum Gasteiger partial charge on any atom is 0.0388 e. The lowest BCUT2D eigenvalue weighted by molar-refractivity contribution is 0.182. The Labute approximate surface area is 136 Å². The second kappa shape index (κ2) is 7.64. The summed E-state index contributed by atoms with van der Waals surface area (Å²) in [5, 5.41) is 3.62. The van der Waals surface area contributed by atoms with Gasteiger partial charge < -0.3 is 11.1 Å². The van der Waals surface area contributed by atoms with E-state index in [0.717, 1.165) is 24.1 Å². The molecule has 1 aliphatic rings. The second-order valence-corrected chi connectivity index (χ2v) is 7.13. The molecule has 1 aromatic rings. The topological polar surface area (TPSA) is 41.3 Å². The molecule has 1 heterocycles. The predicted octanol–water partition coefficient (Wildman–Crippen LogP) is 3.48. The van der Waals surface area contributed by atoms with Gasteiger partial charge in [-0.15, -0.1) is 12.4 Å². The average Bonchev–Trinajstić information content (AvgIpc) is 2.27. The number of nitrogens with one attached hydrogen (secondary N) is 1. The monoisotopic (exact) mass is 361 g/mol. The minimum absolute atomic E-state index is 0. The summed E-state index contributed by atoms with van der Waals surface area (Å²) >= 11 is 3.51. The van der Waals surface area contributed by atoms with Crippen LogP contribution in [-0.4, -0.2) is 36.1 Å². The molecule has 3 nitrogen and oxygen atoms in total. The van der Waals surface area contributed by atoms with Crippen molar-refractivity contribution in [1.82, 2.24) is 4.90 Å². The van der Waals surface area contributed by atoms with Gasteiger partial charge in [0.05, 0.1) is 0 Å². The normalized spacial score (nSPS) is 20.3. The van der Waals surface area contributed by atoms with E-state index >= 15 is 0 Å². The molecule has 5 heteroatoms. The molecule has 114 valence electrons. The first kappa shape index (κ1) is 17.8. The van der Waals surface area contributed by atoms with E-state index < -0.39 is 0 Å². The highest BCUT2D eigenvalue weighted by atomic mass is 79.9. The third-order valence-corrected chi connectivity index (χ3v) is 3.83. The Morgan fingerprint density at radius 2 is 2.20 bits per heavy atom. The zero-order chi connectivity index (χ0) is 13.9. The third-order valence-electron chi connectivity index (χ3n) is 3.33. The molecule has 0 saturated carbocycles. The van der Waals surface area contributed by atoms with E-state index in [0.29, 0.717) is 6.04 Å². The van der Waals surface area contributed by atoms with Gasteiger partial charge in [0.1, 0.15) is 0 Å². The van der Waals surface area contributed by atoms with Crippen LogP contribution < -0.4 is 11.1 Å². The van der Waals surface area contributed by atoms with Crippen molar-refractivity contribution in [2.24, 2.45) is 5.73 Å². The first-order chi connectivity index (χ1) is 8.92. The van der Waals surface area contributed by atoms with Crippen LogP contribution in [0, 0.1) is 0 Å². The van der Waals surface area contributed by atoms with Gasteiger partial charge in [-0.05, 0) is 51.4 Å². The number of anilines is 1. The van der Waals surface area contributed by atoms with E-state index in [9.17, 15) is 0 Å². The summed E-state index contributed by atoms with van der Waals surface area (Å²) in [4.78, 5) is 2.47. The quantitative estimate of drug-likeness (QED) is 0.861. The summed E-state index contributed by atoms with van der Waals surface area (Å²) in [5.74, 6) is 0.